The molecule has 18 nitrogen and oxygen atoms in total. The summed E-state index contributed by atoms with van der Waals surface area (Å²) in [6, 6.07) is 0. The van der Waals surface area contributed by atoms with E-state index in [2.05, 4.69) is 0 Å². The molecule has 0 amide bonds. The van der Waals surface area contributed by atoms with Crippen LogP contribution in [0.3, 0.4) is 0 Å². The first-order valence-corrected chi connectivity index (χ1v) is 1.70. The van der Waals surface area contributed by atoms with Crippen molar-refractivity contribution in [3.05, 3.63) is 30.3 Å². The van der Waals surface area contributed by atoms with Crippen molar-refractivity contribution in [3.63, 3.8) is 0 Å². The molecule has 0 atom stereocenters. The van der Waals surface area contributed by atoms with E-state index in [4.69, 9.17) is 46.0 Å². The Hall–Kier alpha value is -1.35. The van der Waals surface area contributed by atoms with Gasteiger partial charge in [0, 0.05) is 38.6 Å². The summed E-state index contributed by atoms with van der Waals surface area (Å²) in [5, 5.41) is 40.9. The Kier molecular flexibility index (Phi) is 307. The molecule has 0 bridgehead atoms. The van der Waals surface area contributed by atoms with Crippen LogP contribution in [0.25, 0.3) is 0 Å². The van der Waals surface area contributed by atoms with Crippen LogP contribution in [-0.4, -0.2) is 63.7 Å². The van der Waals surface area contributed by atoms with Crippen LogP contribution in [0.15, 0.2) is 0 Å². The molecule has 0 aromatic carbocycles. The first-order chi connectivity index (χ1) is 5.20. The van der Waals surface area contributed by atoms with Gasteiger partial charge in [0.05, 0.1) is 0 Å². The first kappa shape index (κ1) is 83.6. The van der Waals surface area contributed by atoms with E-state index in [1.54, 1.807) is 0 Å². The van der Waals surface area contributed by atoms with Crippen molar-refractivity contribution in [3.8, 4) is 0 Å². The van der Waals surface area contributed by atoms with Gasteiger partial charge in [-0.25, -0.2) is 0 Å². The second kappa shape index (κ2) is 69.7. The van der Waals surface area contributed by atoms with Crippen LogP contribution in [0.4, 0.5) is 0 Å². The number of hydrogen-bond donors (Lipinski definition) is 3. The van der Waals surface area contributed by atoms with E-state index < -0.39 is 15.3 Å². The molecule has 15 N–H and O–H groups in total. The molecule has 0 aliphatic rings. The molecule has 0 saturated carbocycles. The van der Waals surface area contributed by atoms with E-state index in [0.717, 1.165) is 0 Å². The van der Waals surface area contributed by atoms with Gasteiger partial charge in [-0.2, -0.15) is 0 Å². The summed E-state index contributed by atoms with van der Waals surface area (Å²) < 4.78 is 0. The van der Waals surface area contributed by atoms with Crippen molar-refractivity contribution in [1.82, 2.24) is 0 Å². The minimum absolute atomic E-state index is 0. The molecule has 0 heterocycles. The molecule has 0 aromatic heterocycles. The zero-order chi connectivity index (χ0) is 10.7. The van der Waals surface area contributed by atoms with Crippen LogP contribution in [0.1, 0.15) is 0 Å². The minimum atomic E-state index is -1.50. The molecule has 0 unspecified atom stereocenters. The number of hydrogen-bond acceptors (Lipinski definition) is 6. The Labute approximate surface area is 132 Å². The third-order valence-electron chi connectivity index (χ3n) is 0. The number of nitrogens with zero attached hydrogens (tertiary/aromatic N) is 3. The first-order valence-electron chi connectivity index (χ1n) is 1.70. The van der Waals surface area contributed by atoms with Crippen molar-refractivity contribution >= 4 is 0 Å². The monoisotopic (exact) mass is 456 g/mol. The molecule has 0 saturated heterocycles. The van der Waals surface area contributed by atoms with Gasteiger partial charge in [-0.15, -0.1) is 30.3 Å². The summed E-state index contributed by atoms with van der Waals surface area (Å²) in [5.74, 6) is 0. The fourth-order valence-electron chi connectivity index (χ4n) is 0. The fourth-order valence-corrected chi connectivity index (χ4v) is 0. The molecule has 19 heavy (non-hydrogen) atoms. The summed E-state index contributed by atoms with van der Waals surface area (Å²) >= 11 is 0. The van der Waals surface area contributed by atoms with E-state index in [1.807, 2.05) is 0 Å². The third kappa shape index (κ3) is 1950. The average molecular weight is 456 g/mol. The SMILES string of the molecule is O.O.O.O.O.O.O=[N+]([O-])O.O=[N+]([O-])O.O=[N+]([O-])O.[Tb]. The summed E-state index contributed by atoms with van der Waals surface area (Å²) in [7, 11) is 0. The van der Waals surface area contributed by atoms with Crippen molar-refractivity contribution in [2.45, 2.75) is 0 Å². The molecular weight excluding hydrogens is 441 g/mol. The van der Waals surface area contributed by atoms with Crippen LogP contribution in [-0.2, 0) is 0 Å². The van der Waals surface area contributed by atoms with Crippen molar-refractivity contribution in [2.24, 2.45) is 0 Å². The van der Waals surface area contributed by atoms with E-state index in [0.29, 0.717) is 0 Å². The van der Waals surface area contributed by atoms with E-state index in [1.165, 1.54) is 0 Å². The summed E-state index contributed by atoms with van der Waals surface area (Å²) in [5.41, 5.74) is 0. The van der Waals surface area contributed by atoms with Crippen LogP contribution in [0, 0.1) is 69.0 Å². The molecule has 19 heteroatoms. The number of rotatable bonds is 0. The molecule has 0 aromatic rings. The van der Waals surface area contributed by atoms with E-state index in [9.17, 15) is 0 Å². The summed E-state index contributed by atoms with van der Waals surface area (Å²) in [6.07, 6.45) is 0. The third-order valence-corrected chi connectivity index (χ3v) is 0. The van der Waals surface area contributed by atoms with Gasteiger partial charge in [0.15, 0.2) is 0 Å². The van der Waals surface area contributed by atoms with E-state index in [-0.39, 0.29) is 71.5 Å². The smallest absolute Gasteiger partial charge is 0.291 e. The predicted molar refractivity (Wildman–Crippen MR) is 48.0 cm³/mol. The van der Waals surface area contributed by atoms with Crippen LogP contribution >= 0.6 is 0 Å². The maximum absolute atomic E-state index is 8.36. The molecule has 0 spiro atoms. The van der Waals surface area contributed by atoms with Gasteiger partial charge in [-0.05, 0) is 0 Å². The van der Waals surface area contributed by atoms with Crippen LogP contribution in [0.5, 0.6) is 0 Å². The molecule has 0 aliphatic carbocycles. The summed E-state index contributed by atoms with van der Waals surface area (Å²) in [6.45, 7) is 0. The molecule has 0 aliphatic heterocycles. The summed E-state index contributed by atoms with van der Waals surface area (Å²) in [4.78, 5) is 25.1. The largest absolute Gasteiger partial charge is 0.412 e. The van der Waals surface area contributed by atoms with Crippen molar-refractivity contribution in [1.29, 1.82) is 0 Å². The van der Waals surface area contributed by atoms with Gasteiger partial charge >= 0.3 is 0 Å². The molecule has 1 radical (unpaired) electrons. The Morgan fingerprint density at radius 1 is 0.526 bits per heavy atom. The Bertz CT molecular complexity index is 115. The van der Waals surface area contributed by atoms with Crippen LogP contribution in [0.2, 0.25) is 0 Å². The molecule has 129 valence electrons. The maximum Gasteiger partial charge on any atom is 0.291 e. The molecule has 0 rings (SSSR count). The quantitative estimate of drug-likeness (QED) is 0.230. The second-order valence-electron chi connectivity index (χ2n) is 0.714. The topological polar surface area (TPSA) is 379 Å². The zero-order valence-corrected chi connectivity index (χ0v) is 10.6. The normalized spacial score (nSPS) is 3.79. The fraction of sp³-hybridized carbons (Fsp3) is 0. The van der Waals surface area contributed by atoms with Gasteiger partial charge in [0.1, 0.15) is 0 Å². The average Bonchev–Trinajstić information content (AvgIpc) is 1.54. The van der Waals surface area contributed by atoms with Gasteiger partial charge in [0.25, 0.3) is 15.3 Å². The zero-order valence-electron chi connectivity index (χ0n) is 8.47. The Morgan fingerprint density at radius 3 is 0.526 bits per heavy atom. The second-order valence-corrected chi connectivity index (χ2v) is 0.714. The van der Waals surface area contributed by atoms with Gasteiger partial charge in [-0.1, -0.05) is 0 Å². The molecular formula is H15N3O15Tb. The van der Waals surface area contributed by atoms with E-state index >= 15 is 0 Å². The minimum Gasteiger partial charge on any atom is -0.412 e. The Morgan fingerprint density at radius 2 is 0.526 bits per heavy atom. The maximum atomic E-state index is 8.36. The van der Waals surface area contributed by atoms with Crippen molar-refractivity contribution in [2.75, 3.05) is 0 Å². The van der Waals surface area contributed by atoms with Gasteiger partial charge < -0.3 is 48.5 Å². The predicted octanol–water partition coefficient (Wildman–Crippen LogP) is -5.99. The molecule has 0 fully saturated rings. The standard InChI is InChI=1S/3HNO3.6H2O.Tb/c3*2-1(3)4;;;;;;;/h3*(H,2,3,4);6*1H2;. The van der Waals surface area contributed by atoms with Gasteiger partial charge in [-0.3, -0.25) is 0 Å². The Balaban J connectivity index is -0.00000000675. The van der Waals surface area contributed by atoms with Crippen LogP contribution < -0.4 is 0 Å². The van der Waals surface area contributed by atoms with Crippen molar-refractivity contribution < 1.29 is 102 Å². The van der Waals surface area contributed by atoms with Gasteiger partial charge in [0.2, 0.25) is 0 Å².